The quantitative estimate of drug-likeness (QED) is 0.781. The van der Waals surface area contributed by atoms with Gasteiger partial charge in [-0.3, -0.25) is 9.48 Å². The van der Waals surface area contributed by atoms with Crippen LogP contribution in [0.2, 0.25) is 0 Å². The molecule has 130 valence electrons. The molecule has 0 unspecified atom stereocenters. The van der Waals surface area contributed by atoms with Gasteiger partial charge in [-0.1, -0.05) is 18.2 Å². The molecule has 1 fully saturated rings. The van der Waals surface area contributed by atoms with Gasteiger partial charge in [-0.05, 0) is 26.0 Å². The van der Waals surface area contributed by atoms with Crippen molar-refractivity contribution in [3.8, 4) is 0 Å². The van der Waals surface area contributed by atoms with Gasteiger partial charge in [0.05, 0.1) is 24.9 Å². The summed E-state index contributed by atoms with van der Waals surface area (Å²) in [5.74, 6) is 0.00662. The fourth-order valence-electron chi connectivity index (χ4n) is 3.70. The van der Waals surface area contributed by atoms with Crippen LogP contribution in [0.5, 0.6) is 0 Å². The lowest BCUT2D eigenvalue weighted by atomic mass is 10.0. The summed E-state index contributed by atoms with van der Waals surface area (Å²) in [7, 11) is 1.93. The molecule has 1 aliphatic heterocycles. The summed E-state index contributed by atoms with van der Waals surface area (Å²) in [6, 6.07) is 9.75. The maximum atomic E-state index is 13.2. The van der Waals surface area contributed by atoms with E-state index in [0.717, 1.165) is 27.9 Å². The number of morpholine rings is 1. The molecule has 0 spiro atoms. The molecule has 6 heteroatoms. The number of benzene rings is 1. The Bertz CT molecular complexity index is 907. The zero-order valence-corrected chi connectivity index (χ0v) is 14.7. The number of carbonyl (C=O) groups is 1. The van der Waals surface area contributed by atoms with Crippen LogP contribution in [0.25, 0.3) is 10.9 Å². The minimum Gasteiger partial charge on any atom is -0.377 e. The average Bonchev–Trinajstić information content (AvgIpc) is 3.15. The van der Waals surface area contributed by atoms with Crippen LogP contribution in [-0.4, -0.2) is 45.3 Å². The van der Waals surface area contributed by atoms with E-state index in [1.165, 1.54) is 0 Å². The van der Waals surface area contributed by atoms with E-state index < -0.39 is 0 Å². The van der Waals surface area contributed by atoms with Gasteiger partial charge < -0.3 is 14.6 Å². The number of aromatic nitrogens is 3. The SMILES string of the molecule is Cc1nn(C)c(C)c1[C@H]1COCCN1C(=O)c1cc2ccccc2[nH]1. The van der Waals surface area contributed by atoms with Crippen molar-refractivity contribution in [1.29, 1.82) is 0 Å². The molecule has 0 bridgehead atoms. The number of fused-ring (bicyclic) bond motifs is 1. The molecule has 1 aliphatic rings. The third-order valence-corrected chi connectivity index (χ3v) is 5.05. The Labute approximate surface area is 146 Å². The van der Waals surface area contributed by atoms with Crippen LogP contribution in [0.15, 0.2) is 30.3 Å². The second-order valence-electron chi connectivity index (χ2n) is 6.57. The summed E-state index contributed by atoms with van der Waals surface area (Å²) in [5, 5.41) is 5.55. The fraction of sp³-hybridized carbons (Fsp3) is 0.368. The first kappa shape index (κ1) is 15.9. The van der Waals surface area contributed by atoms with Gasteiger partial charge in [-0.2, -0.15) is 5.10 Å². The van der Waals surface area contributed by atoms with Gasteiger partial charge in [0, 0.05) is 35.8 Å². The number of rotatable bonds is 2. The molecule has 0 saturated carbocycles. The molecule has 25 heavy (non-hydrogen) atoms. The summed E-state index contributed by atoms with van der Waals surface area (Å²) in [6.45, 7) is 5.66. The largest absolute Gasteiger partial charge is 0.377 e. The molecule has 1 N–H and O–H groups in total. The number of amides is 1. The molecule has 1 amide bonds. The number of para-hydroxylation sites is 1. The Balaban J connectivity index is 1.72. The summed E-state index contributed by atoms with van der Waals surface area (Å²) >= 11 is 0. The normalized spacial score (nSPS) is 18.0. The minimum atomic E-state index is -0.110. The molecule has 1 aromatic carbocycles. The van der Waals surface area contributed by atoms with Crippen molar-refractivity contribution in [2.24, 2.45) is 7.05 Å². The van der Waals surface area contributed by atoms with E-state index in [0.29, 0.717) is 25.5 Å². The zero-order valence-electron chi connectivity index (χ0n) is 14.7. The third-order valence-electron chi connectivity index (χ3n) is 5.05. The Morgan fingerprint density at radius 2 is 2.12 bits per heavy atom. The third kappa shape index (κ3) is 2.62. The highest BCUT2D eigenvalue weighted by molar-refractivity contribution is 5.98. The Hall–Kier alpha value is -2.60. The smallest absolute Gasteiger partial charge is 0.270 e. The number of ether oxygens (including phenoxy) is 1. The Morgan fingerprint density at radius 1 is 1.32 bits per heavy atom. The number of nitrogens with one attached hydrogen (secondary N) is 1. The Kier molecular flexibility index (Phi) is 3.84. The molecule has 1 saturated heterocycles. The van der Waals surface area contributed by atoms with Crippen LogP contribution in [0.3, 0.4) is 0 Å². The highest BCUT2D eigenvalue weighted by Gasteiger charge is 2.33. The topological polar surface area (TPSA) is 63.1 Å². The number of H-pyrrole nitrogens is 1. The predicted octanol–water partition coefficient (Wildman–Crippen LogP) is 2.73. The van der Waals surface area contributed by atoms with Crippen molar-refractivity contribution < 1.29 is 9.53 Å². The van der Waals surface area contributed by atoms with Crippen LogP contribution in [0.4, 0.5) is 0 Å². The van der Waals surface area contributed by atoms with E-state index >= 15 is 0 Å². The lowest BCUT2D eigenvalue weighted by Gasteiger charge is -2.35. The highest BCUT2D eigenvalue weighted by atomic mass is 16.5. The van der Waals surface area contributed by atoms with Crippen LogP contribution in [0, 0.1) is 13.8 Å². The molecule has 6 nitrogen and oxygen atoms in total. The first-order chi connectivity index (χ1) is 12.1. The van der Waals surface area contributed by atoms with Crippen LogP contribution < -0.4 is 0 Å². The van der Waals surface area contributed by atoms with Crippen molar-refractivity contribution in [2.75, 3.05) is 19.8 Å². The van der Waals surface area contributed by atoms with Crippen LogP contribution in [0.1, 0.15) is 33.5 Å². The lowest BCUT2D eigenvalue weighted by Crippen LogP contribution is -2.44. The first-order valence-electron chi connectivity index (χ1n) is 8.53. The lowest BCUT2D eigenvalue weighted by molar-refractivity contribution is -0.00330. The highest BCUT2D eigenvalue weighted by Crippen LogP contribution is 2.30. The van der Waals surface area contributed by atoms with Gasteiger partial charge in [0.1, 0.15) is 5.69 Å². The van der Waals surface area contributed by atoms with Gasteiger partial charge in [-0.25, -0.2) is 0 Å². The summed E-state index contributed by atoms with van der Waals surface area (Å²) in [5.41, 5.74) is 4.70. The molecule has 3 heterocycles. The monoisotopic (exact) mass is 338 g/mol. The molecular weight excluding hydrogens is 316 g/mol. The zero-order chi connectivity index (χ0) is 17.6. The minimum absolute atomic E-state index is 0.00662. The molecule has 4 rings (SSSR count). The van der Waals surface area contributed by atoms with E-state index in [9.17, 15) is 4.79 Å². The summed E-state index contributed by atoms with van der Waals surface area (Å²) < 4.78 is 7.56. The molecule has 0 radical (unpaired) electrons. The maximum Gasteiger partial charge on any atom is 0.270 e. The van der Waals surface area contributed by atoms with Crippen LogP contribution >= 0.6 is 0 Å². The number of nitrogens with zero attached hydrogens (tertiary/aromatic N) is 3. The molecule has 2 aromatic heterocycles. The van der Waals surface area contributed by atoms with Crippen molar-refractivity contribution in [3.63, 3.8) is 0 Å². The summed E-state index contributed by atoms with van der Waals surface area (Å²) in [6.07, 6.45) is 0. The number of aromatic amines is 1. The number of hydrogen-bond acceptors (Lipinski definition) is 3. The van der Waals surface area contributed by atoms with Gasteiger partial charge in [0.2, 0.25) is 0 Å². The van der Waals surface area contributed by atoms with Crippen molar-refractivity contribution in [1.82, 2.24) is 19.7 Å². The number of carbonyl (C=O) groups excluding carboxylic acids is 1. The number of aryl methyl sites for hydroxylation is 2. The summed E-state index contributed by atoms with van der Waals surface area (Å²) in [4.78, 5) is 18.3. The second kappa shape index (κ2) is 6.04. The van der Waals surface area contributed by atoms with Gasteiger partial charge in [-0.15, -0.1) is 0 Å². The standard InChI is InChI=1S/C19H22N4O2/c1-12-18(13(2)22(3)21-12)17-11-25-9-8-23(17)19(24)16-10-14-6-4-5-7-15(14)20-16/h4-7,10,17,20H,8-9,11H2,1-3H3/t17-/m1/s1. The van der Waals surface area contributed by atoms with E-state index in [-0.39, 0.29) is 11.9 Å². The van der Waals surface area contributed by atoms with E-state index in [4.69, 9.17) is 4.74 Å². The second-order valence-corrected chi connectivity index (χ2v) is 6.57. The van der Waals surface area contributed by atoms with Gasteiger partial charge >= 0.3 is 0 Å². The van der Waals surface area contributed by atoms with Gasteiger partial charge in [0.15, 0.2) is 0 Å². The first-order valence-corrected chi connectivity index (χ1v) is 8.53. The number of hydrogen-bond donors (Lipinski definition) is 1. The predicted molar refractivity (Wildman–Crippen MR) is 95.6 cm³/mol. The Morgan fingerprint density at radius 3 is 2.84 bits per heavy atom. The fourth-order valence-corrected chi connectivity index (χ4v) is 3.70. The van der Waals surface area contributed by atoms with E-state index in [2.05, 4.69) is 10.1 Å². The van der Waals surface area contributed by atoms with Crippen molar-refractivity contribution in [2.45, 2.75) is 19.9 Å². The maximum absolute atomic E-state index is 13.2. The molecular formula is C19H22N4O2. The van der Waals surface area contributed by atoms with E-state index in [1.54, 1.807) is 0 Å². The van der Waals surface area contributed by atoms with E-state index in [1.807, 2.05) is 60.8 Å². The average molecular weight is 338 g/mol. The van der Waals surface area contributed by atoms with Gasteiger partial charge in [0.25, 0.3) is 5.91 Å². The molecule has 3 aromatic rings. The molecule has 1 atom stereocenters. The van der Waals surface area contributed by atoms with Crippen molar-refractivity contribution in [3.05, 3.63) is 53.0 Å². The van der Waals surface area contributed by atoms with Crippen LogP contribution in [-0.2, 0) is 11.8 Å². The van der Waals surface area contributed by atoms with Crippen molar-refractivity contribution >= 4 is 16.8 Å². The molecule has 0 aliphatic carbocycles.